The van der Waals surface area contributed by atoms with E-state index in [-0.39, 0.29) is 16.7 Å². The van der Waals surface area contributed by atoms with E-state index in [9.17, 15) is 8.42 Å². The first-order valence-electron chi connectivity index (χ1n) is 10.9. The van der Waals surface area contributed by atoms with Gasteiger partial charge in [0.25, 0.3) is 0 Å². The number of hydrogen-bond donors (Lipinski definition) is 0. The van der Waals surface area contributed by atoms with E-state index < -0.39 is 10.0 Å². The SMILES string of the molecule is O=S(=O)(c1cccc2cccnc12)N1CCC(CCc2noc(C3CCOCC3)n2)C1. The van der Waals surface area contributed by atoms with Gasteiger partial charge in [0, 0.05) is 50.2 Å². The number of pyridine rings is 1. The minimum Gasteiger partial charge on any atom is -0.381 e. The maximum Gasteiger partial charge on any atom is 0.245 e. The predicted molar refractivity (Wildman–Crippen MR) is 114 cm³/mol. The fourth-order valence-corrected chi connectivity index (χ4v) is 6.18. The summed E-state index contributed by atoms with van der Waals surface area (Å²) in [6.07, 6.45) is 5.84. The van der Waals surface area contributed by atoms with Gasteiger partial charge in [0.2, 0.25) is 15.9 Å². The molecular formula is C22H26N4O4S. The van der Waals surface area contributed by atoms with E-state index in [1.165, 1.54) is 0 Å². The van der Waals surface area contributed by atoms with E-state index in [1.54, 1.807) is 22.6 Å². The van der Waals surface area contributed by atoms with Crippen LogP contribution in [0.5, 0.6) is 0 Å². The number of sulfonamides is 1. The number of aryl methyl sites for hydroxylation is 1. The van der Waals surface area contributed by atoms with Crippen LogP contribution < -0.4 is 0 Å². The Morgan fingerprint density at radius 2 is 1.94 bits per heavy atom. The molecule has 164 valence electrons. The Hall–Kier alpha value is -2.36. The van der Waals surface area contributed by atoms with Crippen LogP contribution in [0.25, 0.3) is 10.9 Å². The number of hydrogen-bond acceptors (Lipinski definition) is 7. The first kappa shape index (κ1) is 20.5. The van der Waals surface area contributed by atoms with Crippen LogP contribution in [0.1, 0.15) is 43.3 Å². The van der Waals surface area contributed by atoms with Gasteiger partial charge in [-0.15, -0.1) is 0 Å². The summed E-state index contributed by atoms with van der Waals surface area (Å²) >= 11 is 0. The van der Waals surface area contributed by atoms with Gasteiger partial charge in [-0.05, 0) is 43.7 Å². The van der Waals surface area contributed by atoms with E-state index >= 15 is 0 Å². The number of nitrogens with zero attached hydrogens (tertiary/aromatic N) is 4. The first-order chi connectivity index (χ1) is 15.1. The number of fused-ring (bicyclic) bond motifs is 1. The van der Waals surface area contributed by atoms with Crippen LogP contribution in [0, 0.1) is 5.92 Å². The molecule has 1 atom stereocenters. The lowest BCUT2D eigenvalue weighted by atomic mass is 10.0. The van der Waals surface area contributed by atoms with Crippen LogP contribution in [-0.4, -0.2) is 54.2 Å². The van der Waals surface area contributed by atoms with E-state index in [0.29, 0.717) is 36.7 Å². The highest BCUT2D eigenvalue weighted by Gasteiger charge is 2.34. The highest BCUT2D eigenvalue weighted by molar-refractivity contribution is 7.89. The molecule has 2 aliphatic rings. The third kappa shape index (κ3) is 4.22. The first-order valence-corrected chi connectivity index (χ1v) is 12.3. The third-order valence-corrected chi connectivity index (χ3v) is 8.19. The van der Waals surface area contributed by atoms with E-state index in [2.05, 4.69) is 15.1 Å². The summed E-state index contributed by atoms with van der Waals surface area (Å²) < 4.78 is 39.0. The van der Waals surface area contributed by atoms with Crippen LogP contribution in [-0.2, 0) is 21.2 Å². The Balaban J connectivity index is 1.22. The van der Waals surface area contributed by atoms with Gasteiger partial charge in [0.05, 0.1) is 5.52 Å². The minimum atomic E-state index is -3.58. The van der Waals surface area contributed by atoms with Crippen LogP contribution in [0.2, 0.25) is 0 Å². The zero-order valence-corrected chi connectivity index (χ0v) is 18.1. The van der Waals surface area contributed by atoms with Crippen molar-refractivity contribution in [3.8, 4) is 0 Å². The number of ether oxygens (including phenoxy) is 1. The van der Waals surface area contributed by atoms with E-state index in [0.717, 1.165) is 44.3 Å². The van der Waals surface area contributed by atoms with Crippen molar-refractivity contribution in [2.24, 2.45) is 5.92 Å². The van der Waals surface area contributed by atoms with Gasteiger partial charge in [0.15, 0.2) is 5.82 Å². The number of para-hydroxylation sites is 1. The normalized spacial score (nSPS) is 21.1. The molecule has 31 heavy (non-hydrogen) atoms. The molecule has 1 aromatic carbocycles. The number of aromatic nitrogens is 3. The monoisotopic (exact) mass is 442 g/mol. The van der Waals surface area contributed by atoms with Gasteiger partial charge in [-0.1, -0.05) is 23.4 Å². The Bertz CT molecular complexity index is 1150. The topological polar surface area (TPSA) is 98.4 Å². The molecule has 2 saturated heterocycles. The quantitative estimate of drug-likeness (QED) is 0.578. The Morgan fingerprint density at radius 1 is 1.10 bits per heavy atom. The summed E-state index contributed by atoms with van der Waals surface area (Å²) in [6.45, 7) is 2.51. The fourth-order valence-electron chi connectivity index (χ4n) is 4.49. The Labute approximate surface area is 181 Å². The van der Waals surface area contributed by atoms with Crippen LogP contribution in [0.15, 0.2) is 45.9 Å². The van der Waals surface area contributed by atoms with Crippen molar-refractivity contribution in [1.29, 1.82) is 0 Å². The van der Waals surface area contributed by atoms with Gasteiger partial charge in [-0.25, -0.2) is 8.42 Å². The van der Waals surface area contributed by atoms with Gasteiger partial charge in [-0.2, -0.15) is 9.29 Å². The second-order valence-electron chi connectivity index (χ2n) is 8.32. The minimum absolute atomic E-state index is 0.280. The van der Waals surface area contributed by atoms with Gasteiger partial charge in [0.1, 0.15) is 4.90 Å². The largest absolute Gasteiger partial charge is 0.381 e. The smallest absolute Gasteiger partial charge is 0.245 e. The molecule has 5 rings (SSSR count). The number of benzene rings is 1. The van der Waals surface area contributed by atoms with Gasteiger partial charge in [-0.3, -0.25) is 4.98 Å². The average molecular weight is 443 g/mol. The maximum atomic E-state index is 13.3. The summed E-state index contributed by atoms with van der Waals surface area (Å²) in [5, 5.41) is 4.97. The average Bonchev–Trinajstić information content (AvgIpc) is 3.48. The van der Waals surface area contributed by atoms with Crippen LogP contribution >= 0.6 is 0 Å². The zero-order chi connectivity index (χ0) is 21.3. The molecule has 2 fully saturated rings. The van der Waals surface area contributed by atoms with Crippen molar-refractivity contribution in [1.82, 2.24) is 19.4 Å². The second kappa shape index (κ2) is 8.64. The molecule has 9 heteroatoms. The summed E-state index contributed by atoms with van der Waals surface area (Å²) in [5.41, 5.74) is 0.529. The lowest BCUT2D eigenvalue weighted by molar-refractivity contribution is 0.0778. The third-order valence-electron chi connectivity index (χ3n) is 6.29. The summed E-state index contributed by atoms with van der Waals surface area (Å²) in [4.78, 5) is 9.17. The molecule has 0 spiro atoms. The van der Waals surface area contributed by atoms with Gasteiger partial charge >= 0.3 is 0 Å². The molecule has 0 N–H and O–H groups in total. The maximum absolute atomic E-state index is 13.3. The molecule has 4 heterocycles. The van der Waals surface area contributed by atoms with Crippen molar-refractivity contribution in [2.45, 2.75) is 42.9 Å². The Morgan fingerprint density at radius 3 is 2.81 bits per heavy atom. The molecule has 0 amide bonds. The van der Waals surface area contributed by atoms with Gasteiger partial charge < -0.3 is 9.26 Å². The molecule has 2 aromatic heterocycles. The van der Waals surface area contributed by atoms with Crippen molar-refractivity contribution in [3.63, 3.8) is 0 Å². The van der Waals surface area contributed by atoms with Crippen LogP contribution in [0.4, 0.5) is 0 Å². The van der Waals surface area contributed by atoms with E-state index in [1.807, 2.05) is 18.2 Å². The fraction of sp³-hybridized carbons (Fsp3) is 0.500. The second-order valence-corrected chi connectivity index (χ2v) is 10.2. The van der Waals surface area contributed by atoms with Crippen molar-refractivity contribution >= 4 is 20.9 Å². The molecule has 0 bridgehead atoms. The molecular weight excluding hydrogens is 416 g/mol. The summed E-state index contributed by atoms with van der Waals surface area (Å²) in [5.74, 6) is 1.98. The standard InChI is InChI=1S/C22H26N4O4S/c27-31(28,19-5-1-3-17-4-2-11-23-21(17)19)26-12-8-16(15-26)6-7-20-24-22(30-25-20)18-9-13-29-14-10-18/h1-5,11,16,18H,6-10,12-15H2. The van der Waals surface area contributed by atoms with Crippen molar-refractivity contribution < 1.29 is 17.7 Å². The summed E-state index contributed by atoms with van der Waals surface area (Å²) in [6, 6.07) is 9.00. The molecule has 1 unspecified atom stereocenters. The lowest BCUT2D eigenvalue weighted by Gasteiger charge is -2.18. The molecule has 3 aromatic rings. The lowest BCUT2D eigenvalue weighted by Crippen LogP contribution is -2.29. The highest BCUT2D eigenvalue weighted by atomic mass is 32.2. The highest BCUT2D eigenvalue weighted by Crippen LogP contribution is 2.30. The van der Waals surface area contributed by atoms with Crippen molar-refractivity contribution in [3.05, 3.63) is 48.2 Å². The zero-order valence-electron chi connectivity index (χ0n) is 17.3. The van der Waals surface area contributed by atoms with E-state index in [4.69, 9.17) is 9.26 Å². The molecule has 0 radical (unpaired) electrons. The molecule has 8 nitrogen and oxygen atoms in total. The number of rotatable bonds is 6. The molecule has 2 aliphatic heterocycles. The van der Waals surface area contributed by atoms with Crippen molar-refractivity contribution in [2.75, 3.05) is 26.3 Å². The summed E-state index contributed by atoms with van der Waals surface area (Å²) in [7, 11) is -3.58. The molecule has 0 aliphatic carbocycles. The predicted octanol–water partition coefficient (Wildman–Crippen LogP) is 3.16. The van der Waals surface area contributed by atoms with Crippen LogP contribution in [0.3, 0.4) is 0 Å². The Kier molecular flexibility index (Phi) is 5.73. The molecule has 0 saturated carbocycles.